The number of halogens is 2. The molecular weight excluding hydrogens is 256 g/mol. The number of hydrogen-bond acceptors (Lipinski definition) is 4. The van der Waals surface area contributed by atoms with Crippen molar-refractivity contribution in [2.45, 2.75) is 18.9 Å². The minimum atomic E-state index is -2.50. The van der Waals surface area contributed by atoms with Crippen LogP contribution in [-0.4, -0.2) is 17.5 Å². The van der Waals surface area contributed by atoms with E-state index in [2.05, 4.69) is 10.4 Å². The number of benzene rings is 1. The summed E-state index contributed by atoms with van der Waals surface area (Å²) in [5.74, 6) is 5.09. The van der Waals surface area contributed by atoms with E-state index in [-0.39, 0.29) is 6.42 Å². The van der Waals surface area contributed by atoms with Crippen molar-refractivity contribution in [1.82, 2.24) is 10.4 Å². The molecule has 3 N–H and O–H groups in total. The summed E-state index contributed by atoms with van der Waals surface area (Å²) < 4.78 is 25.1. The quantitative estimate of drug-likeness (QED) is 0.647. The average molecular weight is 269 g/mol. The number of nitrogens with zero attached hydrogens (tertiary/aromatic N) is 1. The van der Waals surface area contributed by atoms with Gasteiger partial charge in [-0.1, -0.05) is 30.3 Å². The van der Waals surface area contributed by atoms with Crippen molar-refractivity contribution in [2.75, 3.05) is 0 Å². The van der Waals surface area contributed by atoms with E-state index in [1.165, 1.54) is 11.3 Å². The Balaban J connectivity index is 2.11. The van der Waals surface area contributed by atoms with Gasteiger partial charge >= 0.3 is 0 Å². The van der Waals surface area contributed by atoms with Crippen molar-refractivity contribution in [3.63, 3.8) is 0 Å². The van der Waals surface area contributed by atoms with Crippen LogP contribution >= 0.6 is 11.3 Å². The van der Waals surface area contributed by atoms with Crippen LogP contribution in [0.25, 0.3) is 11.3 Å². The maximum Gasteiger partial charge on any atom is 0.255 e. The molecule has 1 atom stereocenters. The lowest BCUT2D eigenvalue weighted by Gasteiger charge is -2.12. The number of hydrazine groups is 1. The summed E-state index contributed by atoms with van der Waals surface area (Å²) in [6, 6.07) is 8.56. The first-order valence-corrected chi connectivity index (χ1v) is 6.32. The van der Waals surface area contributed by atoms with E-state index < -0.39 is 12.5 Å². The van der Waals surface area contributed by atoms with E-state index in [1.54, 1.807) is 0 Å². The zero-order valence-electron chi connectivity index (χ0n) is 9.51. The number of hydrogen-bond donors (Lipinski definition) is 2. The highest BCUT2D eigenvalue weighted by atomic mass is 32.1. The van der Waals surface area contributed by atoms with Gasteiger partial charge in [0.25, 0.3) is 6.43 Å². The third-order valence-corrected chi connectivity index (χ3v) is 3.41. The van der Waals surface area contributed by atoms with Gasteiger partial charge in [0.2, 0.25) is 0 Å². The largest absolute Gasteiger partial charge is 0.271 e. The highest BCUT2D eigenvalue weighted by molar-refractivity contribution is 7.09. The molecule has 0 fully saturated rings. The molecule has 0 aliphatic carbocycles. The van der Waals surface area contributed by atoms with Crippen molar-refractivity contribution < 1.29 is 8.78 Å². The number of alkyl halides is 2. The van der Waals surface area contributed by atoms with Crippen LogP contribution in [0, 0.1) is 0 Å². The molecule has 0 spiro atoms. The lowest BCUT2D eigenvalue weighted by Crippen LogP contribution is -2.42. The van der Waals surface area contributed by atoms with Crippen molar-refractivity contribution in [3.05, 3.63) is 40.7 Å². The molecule has 0 radical (unpaired) electrons. The molecule has 6 heteroatoms. The zero-order chi connectivity index (χ0) is 13.0. The van der Waals surface area contributed by atoms with Crippen LogP contribution in [0.1, 0.15) is 5.01 Å². The second-order valence-corrected chi connectivity index (χ2v) is 4.75. The molecule has 2 aromatic rings. The fourth-order valence-corrected chi connectivity index (χ4v) is 2.42. The maximum atomic E-state index is 12.5. The second-order valence-electron chi connectivity index (χ2n) is 3.80. The summed E-state index contributed by atoms with van der Waals surface area (Å²) in [7, 11) is 0. The summed E-state index contributed by atoms with van der Waals surface area (Å²) in [6.45, 7) is 0. The molecule has 2 rings (SSSR count). The molecule has 18 heavy (non-hydrogen) atoms. The Morgan fingerprint density at radius 3 is 2.61 bits per heavy atom. The number of aromatic nitrogens is 1. The first-order chi connectivity index (χ1) is 8.70. The van der Waals surface area contributed by atoms with Crippen LogP contribution in [0.3, 0.4) is 0 Å². The van der Waals surface area contributed by atoms with Crippen LogP contribution in [-0.2, 0) is 6.42 Å². The fourth-order valence-electron chi connectivity index (χ4n) is 1.56. The summed E-state index contributed by atoms with van der Waals surface area (Å²) >= 11 is 1.37. The standard InChI is InChI=1S/C12H13F2N3S/c13-12(14)9(17-15)6-11-16-10(7-18-11)8-4-2-1-3-5-8/h1-5,7,9,12,17H,6,15H2. The van der Waals surface area contributed by atoms with Crippen molar-refractivity contribution in [2.24, 2.45) is 5.84 Å². The Kier molecular flexibility index (Phi) is 4.35. The number of nitrogens with one attached hydrogen (secondary N) is 1. The van der Waals surface area contributed by atoms with Gasteiger partial charge in [-0.25, -0.2) is 13.8 Å². The normalized spacial score (nSPS) is 12.9. The Morgan fingerprint density at radius 1 is 1.28 bits per heavy atom. The molecule has 3 nitrogen and oxygen atoms in total. The van der Waals surface area contributed by atoms with Gasteiger partial charge in [-0.3, -0.25) is 11.3 Å². The van der Waals surface area contributed by atoms with Gasteiger partial charge in [-0.05, 0) is 0 Å². The van der Waals surface area contributed by atoms with Crippen molar-refractivity contribution in [1.29, 1.82) is 0 Å². The van der Waals surface area contributed by atoms with Gasteiger partial charge in [0, 0.05) is 17.4 Å². The SMILES string of the molecule is NNC(Cc1nc(-c2ccccc2)cs1)C(F)F. The fraction of sp³-hybridized carbons (Fsp3) is 0.250. The molecular formula is C12H13F2N3S. The first kappa shape index (κ1) is 13.1. The van der Waals surface area contributed by atoms with Gasteiger partial charge in [-0.2, -0.15) is 0 Å². The first-order valence-electron chi connectivity index (χ1n) is 5.45. The molecule has 1 aromatic heterocycles. The second kappa shape index (κ2) is 5.99. The summed E-state index contributed by atoms with van der Waals surface area (Å²) in [5, 5.41) is 2.51. The monoisotopic (exact) mass is 269 g/mol. The molecule has 1 heterocycles. The minimum Gasteiger partial charge on any atom is -0.271 e. The van der Waals surface area contributed by atoms with Crippen LogP contribution in [0.15, 0.2) is 35.7 Å². The Bertz CT molecular complexity index is 487. The van der Waals surface area contributed by atoms with Gasteiger partial charge in [0.15, 0.2) is 0 Å². The lowest BCUT2D eigenvalue weighted by atomic mass is 10.2. The van der Waals surface area contributed by atoms with Gasteiger partial charge in [-0.15, -0.1) is 11.3 Å². The number of rotatable bonds is 5. The highest BCUT2D eigenvalue weighted by Crippen LogP contribution is 2.22. The Morgan fingerprint density at radius 2 is 2.00 bits per heavy atom. The average Bonchev–Trinajstić information content (AvgIpc) is 2.85. The van der Waals surface area contributed by atoms with E-state index in [0.29, 0.717) is 5.01 Å². The zero-order valence-corrected chi connectivity index (χ0v) is 10.3. The third kappa shape index (κ3) is 3.10. The third-order valence-electron chi connectivity index (χ3n) is 2.53. The molecule has 0 saturated heterocycles. The predicted molar refractivity (Wildman–Crippen MR) is 68.4 cm³/mol. The van der Waals surface area contributed by atoms with Crippen LogP contribution in [0.2, 0.25) is 0 Å². The van der Waals surface area contributed by atoms with E-state index in [1.807, 2.05) is 35.7 Å². The molecule has 1 aromatic carbocycles. The van der Waals surface area contributed by atoms with Gasteiger partial charge < -0.3 is 0 Å². The van der Waals surface area contributed by atoms with Gasteiger partial charge in [0.05, 0.1) is 16.7 Å². The molecule has 0 aliphatic rings. The minimum absolute atomic E-state index is 0.131. The maximum absolute atomic E-state index is 12.5. The highest BCUT2D eigenvalue weighted by Gasteiger charge is 2.20. The lowest BCUT2D eigenvalue weighted by molar-refractivity contribution is 0.0984. The summed E-state index contributed by atoms with van der Waals surface area (Å²) in [5.41, 5.74) is 3.90. The van der Waals surface area contributed by atoms with E-state index >= 15 is 0 Å². The Hall–Kier alpha value is -1.37. The molecule has 1 unspecified atom stereocenters. The number of nitrogens with two attached hydrogens (primary N) is 1. The van der Waals surface area contributed by atoms with Crippen LogP contribution < -0.4 is 11.3 Å². The molecule has 0 aliphatic heterocycles. The van der Waals surface area contributed by atoms with Crippen LogP contribution in [0.5, 0.6) is 0 Å². The topological polar surface area (TPSA) is 50.9 Å². The van der Waals surface area contributed by atoms with Crippen molar-refractivity contribution >= 4 is 11.3 Å². The van der Waals surface area contributed by atoms with E-state index in [4.69, 9.17) is 5.84 Å². The molecule has 0 saturated carbocycles. The Labute approximate surface area is 108 Å². The molecule has 96 valence electrons. The summed E-state index contributed by atoms with van der Waals surface area (Å²) in [4.78, 5) is 4.34. The molecule has 0 amide bonds. The predicted octanol–water partition coefficient (Wildman–Crippen LogP) is 2.45. The van der Waals surface area contributed by atoms with E-state index in [9.17, 15) is 8.78 Å². The smallest absolute Gasteiger partial charge is 0.255 e. The molecule has 0 bridgehead atoms. The summed E-state index contributed by atoms with van der Waals surface area (Å²) in [6.07, 6.45) is -2.37. The van der Waals surface area contributed by atoms with Gasteiger partial charge in [0.1, 0.15) is 0 Å². The van der Waals surface area contributed by atoms with Crippen molar-refractivity contribution in [3.8, 4) is 11.3 Å². The van der Waals surface area contributed by atoms with Crippen LogP contribution in [0.4, 0.5) is 8.78 Å². The van der Waals surface area contributed by atoms with E-state index in [0.717, 1.165) is 11.3 Å². The number of thiazole rings is 1.